The highest BCUT2D eigenvalue weighted by atomic mass is 79.9. The highest BCUT2D eigenvalue weighted by Gasteiger charge is 2.26. The Kier molecular flexibility index (Phi) is 25.7. The Balaban J connectivity index is 0.000000207. The van der Waals surface area contributed by atoms with Crippen molar-refractivity contribution in [2.24, 2.45) is 17.8 Å². The van der Waals surface area contributed by atoms with Crippen molar-refractivity contribution in [1.29, 1.82) is 0 Å². The van der Waals surface area contributed by atoms with Gasteiger partial charge in [-0.05, 0) is 148 Å². The maximum Gasteiger partial charge on any atom is 0.0807 e. The number of benzene rings is 3. The van der Waals surface area contributed by atoms with Crippen molar-refractivity contribution in [2.45, 2.75) is 231 Å². The van der Waals surface area contributed by atoms with Crippen LogP contribution in [0.3, 0.4) is 0 Å². The van der Waals surface area contributed by atoms with Crippen molar-refractivity contribution >= 4 is 43.2 Å². The zero-order valence-electron chi connectivity index (χ0n) is 41.4. The second-order valence-electron chi connectivity index (χ2n) is 21.3. The van der Waals surface area contributed by atoms with Crippen molar-refractivity contribution < 1.29 is 5.11 Å². The molecule has 3 fully saturated rings. The van der Waals surface area contributed by atoms with Gasteiger partial charge >= 0.3 is 0 Å². The molecule has 0 bridgehead atoms. The molecule has 62 heavy (non-hydrogen) atoms. The van der Waals surface area contributed by atoms with Crippen molar-refractivity contribution in [1.82, 2.24) is 0 Å². The lowest BCUT2D eigenvalue weighted by Gasteiger charge is -2.29. The van der Waals surface area contributed by atoms with Crippen LogP contribution in [0.5, 0.6) is 0 Å². The zero-order chi connectivity index (χ0) is 44.6. The van der Waals surface area contributed by atoms with Crippen molar-refractivity contribution in [3.05, 3.63) is 94.0 Å². The van der Waals surface area contributed by atoms with E-state index in [2.05, 4.69) is 136 Å². The van der Waals surface area contributed by atoms with Gasteiger partial charge in [0, 0.05) is 11.1 Å². The summed E-state index contributed by atoms with van der Waals surface area (Å²) < 4.78 is 1.19. The van der Waals surface area contributed by atoms with Crippen LogP contribution in [0.2, 0.25) is 32.2 Å². The predicted octanol–water partition coefficient (Wildman–Crippen LogP) is 17.4. The lowest BCUT2D eigenvalue weighted by Crippen LogP contribution is -2.41. The maximum atomic E-state index is 9.10. The quantitative estimate of drug-likeness (QED) is 0.0884. The summed E-state index contributed by atoms with van der Waals surface area (Å²) in [5, 5.41) is 12.3. The minimum Gasteiger partial charge on any atom is -0.396 e. The average molecular weight is 944 g/mol. The largest absolute Gasteiger partial charge is 0.396 e. The first-order valence-electron chi connectivity index (χ1n) is 26.6. The summed E-state index contributed by atoms with van der Waals surface area (Å²) in [7, 11) is -1.98. The van der Waals surface area contributed by atoms with E-state index in [1.54, 1.807) is 27.1 Å². The number of rotatable bonds is 20. The molecule has 0 amide bonds. The summed E-state index contributed by atoms with van der Waals surface area (Å²) in [5.74, 6) is 5.50. The zero-order valence-corrected chi connectivity index (χ0v) is 45.1. The van der Waals surface area contributed by atoms with E-state index in [4.69, 9.17) is 5.11 Å². The number of hydrogen-bond acceptors (Lipinski definition) is 1. The highest BCUT2D eigenvalue weighted by molar-refractivity contribution is 9.10. The van der Waals surface area contributed by atoms with Crippen LogP contribution in [0, 0.1) is 17.8 Å². The van der Waals surface area contributed by atoms with Crippen LogP contribution in [-0.2, 0) is 0 Å². The Hall–Kier alpha value is -1.47. The predicted molar refractivity (Wildman–Crippen MR) is 286 cm³/mol. The monoisotopic (exact) mass is 943 g/mol. The molecule has 3 saturated carbocycles. The fourth-order valence-corrected chi connectivity index (χ4v) is 14.8. The van der Waals surface area contributed by atoms with Crippen LogP contribution >= 0.6 is 15.9 Å². The van der Waals surface area contributed by atoms with Gasteiger partial charge in [0.25, 0.3) is 0 Å². The third-order valence-corrected chi connectivity index (χ3v) is 21.5. The SMILES string of the molecule is CCCCCC1CCC(c2ccc(Br)cc2)CC1.CCCCCC1CCC(c2ccc([SiH](C)C)cc2)CC1.CCCCCC1CCC(c2ccc([Si](C)(C)CCCO)cc2)CC1. The van der Waals surface area contributed by atoms with E-state index < -0.39 is 16.9 Å². The normalized spacial score (nSPS) is 22.9. The van der Waals surface area contributed by atoms with Crippen molar-refractivity contribution in [2.75, 3.05) is 6.61 Å². The molecule has 1 nitrogen and oxygen atoms in total. The molecule has 3 aliphatic carbocycles. The Morgan fingerprint density at radius 2 is 0.823 bits per heavy atom. The van der Waals surface area contributed by atoms with E-state index in [-0.39, 0.29) is 0 Å². The maximum absolute atomic E-state index is 9.10. The first kappa shape index (κ1) is 53.2. The fourth-order valence-electron chi connectivity index (χ4n) is 11.2. The average Bonchev–Trinajstić information content (AvgIpc) is 3.30. The van der Waals surface area contributed by atoms with Gasteiger partial charge in [-0.3, -0.25) is 0 Å². The second kappa shape index (κ2) is 29.9. The summed E-state index contributed by atoms with van der Waals surface area (Å²) in [6, 6.07) is 29.4. The van der Waals surface area contributed by atoms with Gasteiger partial charge in [0.2, 0.25) is 0 Å². The standard InChI is InChI=1S/C22H38OSi.C19H32Si.C17H25Br/c1-4-5-6-8-19-9-11-20(12-10-19)21-13-15-22(16-14-21)24(2,3)18-7-17-23;1-4-5-6-7-16-8-10-17(11-9-16)18-12-14-19(15-13-18)20(2)3;1-2-3-4-5-14-6-8-15(9-7-14)16-10-12-17(18)13-11-16/h13-16,19-20,23H,4-12,17-18H2,1-3H3;12-17,20H,4-11H2,1-3H3;10-15H,2-9H2,1H3. The molecule has 0 saturated heterocycles. The smallest absolute Gasteiger partial charge is 0.0807 e. The third kappa shape index (κ3) is 19.2. The van der Waals surface area contributed by atoms with E-state index >= 15 is 0 Å². The molecule has 0 atom stereocenters. The van der Waals surface area contributed by atoms with Crippen LogP contribution in [0.1, 0.15) is 216 Å². The topological polar surface area (TPSA) is 20.2 Å². The molecular weight excluding hydrogens is 849 g/mol. The minimum absolute atomic E-state index is 0.329. The number of unbranched alkanes of at least 4 members (excludes halogenated alkanes) is 6. The molecule has 3 aromatic rings. The number of halogens is 1. The first-order chi connectivity index (χ1) is 30.1. The lowest BCUT2D eigenvalue weighted by molar-refractivity contribution is 0.294. The molecule has 6 rings (SSSR count). The first-order valence-corrected chi connectivity index (χ1v) is 33.5. The molecular formula is C58H95BrOSi2. The Morgan fingerprint density at radius 1 is 0.484 bits per heavy atom. The van der Waals surface area contributed by atoms with E-state index in [1.807, 2.05) is 0 Å². The summed E-state index contributed by atoms with van der Waals surface area (Å²) >= 11 is 3.51. The van der Waals surface area contributed by atoms with Gasteiger partial charge in [0.15, 0.2) is 0 Å². The fraction of sp³-hybridized carbons (Fsp3) is 0.690. The van der Waals surface area contributed by atoms with Gasteiger partial charge in [0.1, 0.15) is 0 Å². The Bertz CT molecular complexity index is 1540. The van der Waals surface area contributed by atoms with Crippen LogP contribution in [0.4, 0.5) is 0 Å². The molecule has 0 aliphatic heterocycles. The van der Waals surface area contributed by atoms with Crippen LogP contribution in [0.15, 0.2) is 77.3 Å². The molecule has 0 spiro atoms. The molecule has 0 heterocycles. The molecule has 348 valence electrons. The number of aliphatic hydroxyl groups excluding tert-OH is 1. The second-order valence-corrected chi connectivity index (χ2v) is 30.1. The van der Waals surface area contributed by atoms with E-state index in [0.717, 1.165) is 41.9 Å². The summed E-state index contributed by atoms with van der Waals surface area (Å²) in [5.41, 5.74) is 4.72. The van der Waals surface area contributed by atoms with Crippen LogP contribution < -0.4 is 10.4 Å². The van der Waals surface area contributed by atoms with Crippen LogP contribution in [-0.4, -0.2) is 28.6 Å². The van der Waals surface area contributed by atoms with E-state index in [1.165, 1.54) is 165 Å². The Labute approximate surface area is 395 Å². The van der Waals surface area contributed by atoms with Gasteiger partial charge in [-0.15, -0.1) is 0 Å². The van der Waals surface area contributed by atoms with Crippen molar-refractivity contribution in [3.63, 3.8) is 0 Å². The summed E-state index contributed by atoms with van der Waals surface area (Å²) in [6.07, 6.45) is 35.2. The molecule has 0 radical (unpaired) electrons. The van der Waals surface area contributed by atoms with Crippen molar-refractivity contribution in [3.8, 4) is 0 Å². The van der Waals surface area contributed by atoms with Gasteiger partial charge in [0.05, 0.1) is 16.9 Å². The van der Waals surface area contributed by atoms with E-state index in [0.29, 0.717) is 6.61 Å². The Morgan fingerprint density at radius 3 is 1.15 bits per heavy atom. The molecule has 3 aliphatic rings. The van der Waals surface area contributed by atoms with E-state index in [9.17, 15) is 0 Å². The minimum atomic E-state index is -1.36. The highest BCUT2D eigenvalue weighted by Crippen LogP contribution is 2.40. The van der Waals surface area contributed by atoms with Crippen LogP contribution in [0.25, 0.3) is 0 Å². The molecule has 4 heteroatoms. The number of hydrogen-bond donors (Lipinski definition) is 1. The number of aliphatic hydroxyl groups is 1. The summed E-state index contributed by atoms with van der Waals surface area (Å²) in [6.45, 7) is 16.9. The molecule has 0 aromatic heterocycles. The molecule has 1 N–H and O–H groups in total. The van der Waals surface area contributed by atoms with Gasteiger partial charge in [-0.25, -0.2) is 0 Å². The van der Waals surface area contributed by atoms with Gasteiger partial charge in [-0.2, -0.15) is 0 Å². The molecule has 3 aromatic carbocycles. The lowest BCUT2D eigenvalue weighted by atomic mass is 9.77. The molecule has 0 unspecified atom stereocenters. The van der Waals surface area contributed by atoms with Gasteiger partial charge < -0.3 is 5.11 Å². The third-order valence-electron chi connectivity index (χ3n) is 15.7. The van der Waals surface area contributed by atoms with Gasteiger partial charge in [-0.1, -0.05) is 217 Å². The summed E-state index contributed by atoms with van der Waals surface area (Å²) in [4.78, 5) is 0.